The van der Waals surface area contributed by atoms with E-state index in [0.29, 0.717) is 10.7 Å². The molecule has 2 aromatic carbocycles. The molecule has 21 heavy (non-hydrogen) atoms. The van der Waals surface area contributed by atoms with Crippen molar-refractivity contribution in [2.24, 2.45) is 0 Å². The molecule has 1 aliphatic rings. The van der Waals surface area contributed by atoms with Gasteiger partial charge in [0.25, 0.3) is 11.7 Å². The van der Waals surface area contributed by atoms with Crippen molar-refractivity contribution in [3.8, 4) is 0 Å². The number of carbonyl (C=O) groups is 2. The van der Waals surface area contributed by atoms with E-state index in [-0.39, 0.29) is 17.1 Å². The highest BCUT2D eigenvalue weighted by atomic mass is 79.9. The molecule has 2 aromatic rings. The second-order valence-electron chi connectivity index (χ2n) is 4.59. The standard InChI is InChI=1S/C15H8BrCl2NO2/c16-9-5-4-8(11(18)6-9)7-19-12-3-1-2-10(17)13(12)14(20)15(19)21/h1-6H,7H2. The maximum atomic E-state index is 12.2. The van der Waals surface area contributed by atoms with Crippen molar-refractivity contribution < 1.29 is 9.59 Å². The molecule has 0 radical (unpaired) electrons. The van der Waals surface area contributed by atoms with Crippen LogP contribution in [0.5, 0.6) is 0 Å². The number of rotatable bonds is 2. The molecule has 1 amide bonds. The Hall–Kier alpha value is -1.36. The second kappa shape index (κ2) is 5.44. The van der Waals surface area contributed by atoms with Crippen LogP contribution in [0.4, 0.5) is 5.69 Å². The maximum Gasteiger partial charge on any atom is 0.299 e. The van der Waals surface area contributed by atoms with Crippen LogP contribution in [0.15, 0.2) is 40.9 Å². The monoisotopic (exact) mass is 383 g/mol. The van der Waals surface area contributed by atoms with Gasteiger partial charge in [0.2, 0.25) is 0 Å². The summed E-state index contributed by atoms with van der Waals surface area (Å²) in [5, 5.41) is 0.815. The van der Waals surface area contributed by atoms with E-state index in [1.807, 2.05) is 12.1 Å². The second-order valence-corrected chi connectivity index (χ2v) is 6.32. The molecule has 0 spiro atoms. The molecular weight excluding hydrogens is 377 g/mol. The number of anilines is 1. The minimum absolute atomic E-state index is 0.226. The quantitative estimate of drug-likeness (QED) is 0.715. The Morgan fingerprint density at radius 2 is 1.81 bits per heavy atom. The molecule has 1 aliphatic heterocycles. The molecule has 0 aliphatic carbocycles. The van der Waals surface area contributed by atoms with E-state index in [1.165, 1.54) is 4.90 Å². The molecule has 1 heterocycles. The fourth-order valence-electron chi connectivity index (χ4n) is 2.28. The number of Topliss-reactive ketones (excluding diaryl/α,β-unsaturated/α-hetero) is 1. The zero-order chi connectivity index (χ0) is 15.1. The summed E-state index contributed by atoms with van der Waals surface area (Å²) in [6.45, 7) is 0.226. The molecule has 0 fully saturated rings. The number of halogens is 3. The average molecular weight is 385 g/mol. The first-order chi connectivity index (χ1) is 9.99. The number of nitrogens with zero attached hydrogens (tertiary/aromatic N) is 1. The van der Waals surface area contributed by atoms with Gasteiger partial charge in [0, 0.05) is 9.50 Å². The molecule has 3 nitrogen and oxygen atoms in total. The zero-order valence-corrected chi connectivity index (χ0v) is 13.7. The van der Waals surface area contributed by atoms with Gasteiger partial charge in [0.05, 0.1) is 22.8 Å². The number of ketones is 1. The van der Waals surface area contributed by atoms with Crippen molar-refractivity contribution in [1.82, 2.24) is 0 Å². The lowest BCUT2D eigenvalue weighted by molar-refractivity contribution is -0.114. The van der Waals surface area contributed by atoms with E-state index in [4.69, 9.17) is 23.2 Å². The van der Waals surface area contributed by atoms with Crippen LogP contribution in [-0.2, 0) is 11.3 Å². The van der Waals surface area contributed by atoms with E-state index < -0.39 is 11.7 Å². The predicted octanol–water partition coefficient (Wildman–Crippen LogP) is 4.49. The summed E-state index contributed by atoms with van der Waals surface area (Å²) in [5.41, 5.74) is 1.54. The molecule has 0 bridgehead atoms. The Labute approximate surface area is 139 Å². The Morgan fingerprint density at radius 3 is 2.52 bits per heavy atom. The number of carbonyl (C=O) groups excluding carboxylic acids is 2. The van der Waals surface area contributed by atoms with Crippen LogP contribution in [0.3, 0.4) is 0 Å². The van der Waals surface area contributed by atoms with Gasteiger partial charge in [0.15, 0.2) is 0 Å². The van der Waals surface area contributed by atoms with Crippen LogP contribution in [0.2, 0.25) is 10.0 Å². The van der Waals surface area contributed by atoms with Gasteiger partial charge in [-0.05, 0) is 29.8 Å². The number of hydrogen-bond acceptors (Lipinski definition) is 2. The van der Waals surface area contributed by atoms with Crippen molar-refractivity contribution >= 4 is 56.5 Å². The predicted molar refractivity (Wildman–Crippen MR) is 86.1 cm³/mol. The minimum Gasteiger partial charge on any atom is -0.300 e. The summed E-state index contributed by atoms with van der Waals surface area (Å²) in [7, 11) is 0. The highest BCUT2D eigenvalue weighted by Gasteiger charge is 2.37. The third kappa shape index (κ3) is 2.48. The first-order valence-corrected chi connectivity index (χ1v) is 7.62. The molecule has 0 unspecified atom stereocenters. The van der Waals surface area contributed by atoms with Gasteiger partial charge in [-0.15, -0.1) is 0 Å². The van der Waals surface area contributed by atoms with Gasteiger partial charge < -0.3 is 4.90 Å². The van der Waals surface area contributed by atoms with Crippen molar-refractivity contribution in [2.45, 2.75) is 6.54 Å². The van der Waals surface area contributed by atoms with Crippen LogP contribution in [0.1, 0.15) is 15.9 Å². The van der Waals surface area contributed by atoms with Gasteiger partial charge in [0.1, 0.15) is 0 Å². The van der Waals surface area contributed by atoms with E-state index >= 15 is 0 Å². The van der Waals surface area contributed by atoms with Crippen LogP contribution in [0, 0.1) is 0 Å². The van der Waals surface area contributed by atoms with Crippen LogP contribution in [-0.4, -0.2) is 11.7 Å². The minimum atomic E-state index is -0.586. The summed E-state index contributed by atoms with van der Waals surface area (Å²) in [4.78, 5) is 25.6. The zero-order valence-electron chi connectivity index (χ0n) is 10.6. The Bertz CT molecular complexity index is 776. The molecule has 106 valence electrons. The topological polar surface area (TPSA) is 37.4 Å². The van der Waals surface area contributed by atoms with Crippen molar-refractivity contribution in [3.63, 3.8) is 0 Å². The fraction of sp³-hybridized carbons (Fsp3) is 0.0667. The number of hydrogen-bond donors (Lipinski definition) is 0. The summed E-state index contributed by atoms with van der Waals surface area (Å²) in [6, 6.07) is 10.4. The fourth-order valence-corrected chi connectivity index (χ4v) is 3.27. The summed E-state index contributed by atoms with van der Waals surface area (Å²) in [6.07, 6.45) is 0. The molecule has 3 rings (SSSR count). The molecular formula is C15H8BrCl2NO2. The Kier molecular flexibility index (Phi) is 3.78. The third-order valence-corrected chi connectivity index (χ3v) is 4.45. The Balaban J connectivity index is 2.03. The lowest BCUT2D eigenvalue weighted by atomic mass is 10.1. The van der Waals surface area contributed by atoms with Crippen LogP contribution >= 0.6 is 39.1 Å². The summed E-state index contributed by atoms with van der Waals surface area (Å²) in [5.74, 6) is -1.17. The highest BCUT2D eigenvalue weighted by Crippen LogP contribution is 2.35. The first-order valence-electron chi connectivity index (χ1n) is 6.07. The van der Waals surface area contributed by atoms with Gasteiger partial charge in [-0.25, -0.2) is 0 Å². The van der Waals surface area contributed by atoms with E-state index in [2.05, 4.69) is 15.9 Å². The normalized spacial score (nSPS) is 13.8. The van der Waals surface area contributed by atoms with Gasteiger partial charge in [-0.1, -0.05) is 51.3 Å². The van der Waals surface area contributed by atoms with E-state index in [0.717, 1.165) is 10.0 Å². The van der Waals surface area contributed by atoms with Crippen molar-refractivity contribution in [1.29, 1.82) is 0 Å². The lowest BCUT2D eigenvalue weighted by Gasteiger charge is -2.17. The molecule has 6 heteroatoms. The average Bonchev–Trinajstić information content (AvgIpc) is 2.68. The van der Waals surface area contributed by atoms with Crippen molar-refractivity contribution in [2.75, 3.05) is 4.90 Å². The molecule has 0 saturated carbocycles. The number of benzene rings is 2. The first kappa shape index (κ1) is 14.6. The lowest BCUT2D eigenvalue weighted by Crippen LogP contribution is -2.29. The van der Waals surface area contributed by atoms with Crippen LogP contribution < -0.4 is 4.90 Å². The highest BCUT2D eigenvalue weighted by molar-refractivity contribution is 9.10. The van der Waals surface area contributed by atoms with Crippen LogP contribution in [0.25, 0.3) is 0 Å². The van der Waals surface area contributed by atoms with Gasteiger partial charge >= 0.3 is 0 Å². The van der Waals surface area contributed by atoms with E-state index in [9.17, 15) is 9.59 Å². The molecule has 0 atom stereocenters. The number of fused-ring (bicyclic) bond motifs is 1. The molecule has 0 saturated heterocycles. The number of amides is 1. The van der Waals surface area contributed by atoms with Gasteiger partial charge in [-0.3, -0.25) is 9.59 Å². The van der Waals surface area contributed by atoms with Crippen molar-refractivity contribution in [3.05, 3.63) is 62.0 Å². The molecule has 0 aromatic heterocycles. The van der Waals surface area contributed by atoms with Gasteiger partial charge in [-0.2, -0.15) is 0 Å². The maximum absolute atomic E-state index is 12.2. The summed E-state index contributed by atoms with van der Waals surface area (Å²) >= 11 is 15.5. The largest absolute Gasteiger partial charge is 0.300 e. The third-order valence-electron chi connectivity index (χ3n) is 3.29. The Morgan fingerprint density at radius 1 is 1.05 bits per heavy atom. The van der Waals surface area contributed by atoms with E-state index in [1.54, 1.807) is 24.3 Å². The molecule has 0 N–H and O–H groups in total. The smallest absolute Gasteiger partial charge is 0.299 e. The SMILES string of the molecule is O=C1C(=O)N(Cc2ccc(Br)cc2Cl)c2cccc(Cl)c21. The summed E-state index contributed by atoms with van der Waals surface area (Å²) < 4.78 is 0.850.